The van der Waals surface area contributed by atoms with E-state index in [0.717, 1.165) is 16.4 Å². The third-order valence-electron chi connectivity index (χ3n) is 2.51. The van der Waals surface area contributed by atoms with Crippen LogP contribution in [-0.4, -0.2) is 49.1 Å². The van der Waals surface area contributed by atoms with Gasteiger partial charge in [-0.15, -0.1) is 0 Å². The number of rotatable bonds is 6. The van der Waals surface area contributed by atoms with Crippen molar-refractivity contribution < 1.29 is 27.8 Å². The molecule has 0 aromatic heterocycles. The minimum Gasteiger partial charge on any atom is -0.478 e. The lowest BCUT2D eigenvalue weighted by Gasteiger charge is -2.16. The molecule has 8 heteroatoms. The maximum absolute atomic E-state index is 13.4. The van der Waals surface area contributed by atoms with E-state index in [1.807, 2.05) is 0 Å². The van der Waals surface area contributed by atoms with Crippen molar-refractivity contribution in [1.29, 1.82) is 0 Å². The lowest BCUT2D eigenvalue weighted by molar-refractivity contribution is 0.0691. The number of carbonyl (C=O) groups is 1. The summed E-state index contributed by atoms with van der Waals surface area (Å²) in [7, 11) is -2.59. The molecule has 0 fully saturated rings. The zero-order valence-corrected chi connectivity index (χ0v) is 11.0. The molecule has 0 aliphatic carbocycles. The summed E-state index contributed by atoms with van der Waals surface area (Å²) < 4.78 is 38.4. The molecule has 0 spiro atoms. The van der Waals surface area contributed by atoms with E-state index in [2.05, 4.69) is 0 Å². The van der Waals surface area contributed by atoms with Crippen molar-refractivity contribution in [2.75, 3.05) is 20.2 Å². The van der Waals surface area contributed by atoms with Crippen molar-refractivity contribution in [3.63, 3.8) is 0 Å². The molecular weight excluding hydrogens is 277 g/mol. The predicted molar refractivity (Wildman–Crippen MR) is 64.9 cm³/mol. The van der Waals surface area contributed by atoms with Gasteiger partial charge in [0.15, 0.2) is 0 Å². The molecule has 19 heavy (non-hydrogen) atoms. The quantitative estimate of drug-likeness (QED) is 0.797. The number of hydrogen-bond acceptors (Lipinski definition) is 4. The second-order valence-electron chi connectivity index (χ2n) is 3.85. The molecule has 0 bridgehead atoms. The van der Waals surface area contributed by atoms with E-state index < -0.39 is 27.4 Å². The number of nitrogens with zero attached hydrogens (tertiary/aromatic N) is 1. The first kappa shape index (κ1) is 15.5. The van der Waals surface area contributed by atoms with Crippen molar-refractivity contribution in [3.05, 3.63) is 29.6 Å². The Morgan fingerprint density at radius 2 is 2.05 bits per heavy atom. The van der Waals surface area contributed by atoms with E-state index >= 15 is 0 Å². The Morgan fingerprint density at radius 3 is 2.53 bits per heavy atom. The van der Waals surface area contributed by atoms with E-state index in [-0.39, 0.29) is 24.5 Å². The molecule has 0 radical (unpaired) electrons. The third kappa shape index (κ3) is 3.49. The van der Waals surface area contributed by atoms with E-state index in [0.29, 0.717) is 6.07 Å². The van der Waals surface area contributed by atoms with E-state index in [4.69, 9.17) is 10.2 Å². The molecule has 0 unspecified atom stereocenters. The summed E-state index contributed by atoms with van der Waals surface area (Å²) in [6.07, 6.45) is 0.255. The fourth-order valence-corrected chi connectivity index (χ4v) is 2.64. The van der Waals surface area contributed by atoms with Crippen molar-refractivity contribution in [2.24, 2.45) is 0 Å². The van der Waals surface area contributed by atoms with Crippen LogP contribution in [0.15, 0.2) is 23.1 Å². The maximum Gasteiger partial charge on any atom is 0.338 e. The van der Waals surface area contributed by atoms with Crippen LogP contribution >= 0.6 is 0 Å². The Balaban J connectivity index is 3.09. The van der Waals surface area contributed by atoms with Gasteiger partial charge in [-0.2, -0.15) is 0 Å². The highest BCUT2D eigenvalue weighted by atomic mass is 32.2. The number of hydrogen-bond donors (Lipinski definition) is 2. The molecule has 0 aliphatic rings. The highest BCUT2D eigenvalue weighted by molar-refractivity contribution is 7.89. The highest BCUT2D eigenvalue weighted by Gasteiger charge is 2.22. The van der Waals surface area contributed by atoms with Crippen LogP contribution < -0.4 is 0 Å². The number of sulfonamides is 1. The van der Waals surface area contributed by atoms with Gasteiger partial charge in [0.25, 0.3) is 0 Å². The number of aromatic carboxylic acids is 1. The standard InChI is InChI=1S/C11H14FNO5S/c1-13(5-2-6-14)19(17,18)8-3-4-9(11(15)16)10(12)7-8/h3-4,7,14H,2,5-6H2,1H3,(H,15,16). The second kappa shape index (κ2) is 6.09. The summed E-state index contributed by atoms with van der Waals surface area (Å²) >= 11 is 0. The van der Waals surface area contributed by atoms with Crippen molar-refractivity contribution in [3.8, 4) is 0 Å². The summed E-state index contributed by atoms with van der Waals surface area (Å²) in [5, 5.41) is 17.3. The lowest BCUT2D eigenvalue weighted by Crippen LogP contribution is -2.28. The molecule has 6 nitrogen and oxygen atoms in total. The van der Waals surface area contributed by atoms with Gasteiger partial charge in [-0.25, -0.2) is 21.9 Å². The average molecular weight is 291 g/mol. The zero-order chi connectivity index (χ0) is 14.6. The van der Waals surface area contributed by atoms with Crippen LogP contribution in [0, 0.1) is 5.82 Å². The molecule has 1 aromatic carbocycles. The van der Waals surface area contributed by atoms with E-state index in [1.165, 1.54) is 7.05 Å². The molecule has 0 saturated carbocycles. The second-order valence-corrected chi connectivity index (χ2v) is 5.90. The fourth-order valence-electron chi connectivity index (χ4n) is 1.42. The Labute approximate surface area is 110 Å². The van der Waals surface area contributed by atoms with Gasteiger partial charge in [-0.3, -0.25) is 0 Å². The van der Waals surface area contributed by atoms with Crippen molar-refractivity contribution >= 4 is 16.0 Å². The van der Waals surface area contributed by atoms with Crippen LogP contribution in [0.1, 0.15) is 16.8 Å². The first-order chi connectivity index (χ1) is 8.80. The normalized spacial score (nSPS) is 11.8. The molecule has 0 amide bonds. The molecule has 0 saturated heterocycles. The zero-order valence-electron chi connectivity index (χ0n) is 10.2. The van der Waals surface area contributed by atoms with Crippen LogP contribution in [0.5, 0.6) is 0 Å². The highest BCUT2D eigenvalue weighted by Crippen LogP contribution is 2.18. The van der Waals surface area contributed by atoms with Crippen LogP contribution in [0.4, 0.5) is 4.39 Å². The number of carboxylic acid groups (broad SMARTS) is 1. The molecule has 0 atom stereocenters. The summed E-state index contributed by atoms with van der Waals surface area (Å²) in [5.41, 5.74) is -0.586. The third-order valence-corrected chi connectivity index (χ3v) is 4.36. The van der Waals surface area contributed by atoms with Gasteiger partial charge >= 0.3 is 5.97 Å². The van der Waals surface area contributed by atoms with E-state index in [1.54, 1.807) is 0 Å². The summed E-state index contributed by atoms with van der Waals surface area (Å²) in [6.45, 7) is -0.0761. The molecule has 0 aliphatic heterocycles. The molecule has 1 rings (SSSR count). The summed E-state index contributed by atoms with van der Waals surface area (Å²) in [5.74, 6) is -2.57. The van der Waals surface area contributed by atoms with Gasteiger partial charge in [-0.1, -0.05) is 0 Å². The lowest BCUT2D eigenvalue weighted by atomic mass is 10.2. The average Bonchev–Trinajstić information content (AvgIpc) is 2.35. The predicted octanol–water partition coefficient (Wildman–Crippen LogP) is 0.527. The van der Waals surface area contributed by atoms with Gasteiger partial charge in [0.2, 0.25) is 10.0 Å². The number of aliphatic hydroxyl groups is 1. The molecule has 0 heterocycles. The van der Waals surface area contributed by atoms with E-state index in [9.17, 15) is 17.6 Å². The smallest absolute Gasteiger partial charge is 0.338 e. The van der Waals surface area contributed by atoms with Gasteiger partial charge in [0.05, 0.1) is 10.5 Å². The van der Waals surface area contributed by atoms with Crippen LogP contribution in [0.3, 0.4) is 0 Å². The van der Waals surface area contributed by atoms with Crippen LogP contribution in [-0.2, 0) is 10.0 Å². The van der Waals surface area contributed by atoms with Gasteiger partial charge < -0.3 is 10.2 Å². The number of aliphatic hydroxyl groups excluding tert-OH is 1. The maximum atomic E-state index is 13.4. The minimum absolute atomic E-state index is 0.0845. The largest absolute Gasteiger partial charge is 0.478 e. The monoisotopic (exact) mass is 291 g/mol. The topological polar surface area (TPSA) is 94.9 Å². The molecular formula is C11H14FNO5S. The first-order valence-electron chi connectivity index (χ1n) is 5.40. The fraction of sp³-hybridized carbons (Fsp3) is 0.364. The van der Waals surface area contributed by atoms with Gasteiger partial charge in [0, 0.05) is 20.2 Å². The molecule has 106 valence electrons. The number of benzene rings is 1. The minimum atomic E-state index is -3.89. The number of carboxylic acids is 1. The Kier molecular flexibility index (Phi) is 4.98. The SMILES string of the molecule is CN(CCCO)S(=O)(=O)c1ccc(C(=O)O)c(F)c1. The summed E-state index contributed by atoms with van der Waals surface area (Å²) in [6, 6.07) is 2.62. The number of halogens is 1. The Morgan fingerprint density at radius 1 is 1.42 bits per heavy atom. The van der Waals surface area contributed by atoms with Gasteiger partial charge in [0.1, 0.15) is 5.82 Å². The first-order valence-corrected chi connectivity index (χ1v) is 6.84. The Bertz CT molecular complexity index is 572. The van der Waals surface area contributed by atoms with Gasteiger partial charge in [-0.05, 0) is 24.6 Å². The van der Waals surface area contributed by atoms with Crippen molar-refractivity contribution in [2.45, 2.75) is 11.3 Å². The molecule has 2 N–H and O–H groups in total. The Hall–Kier alpha value is -1.51. The molecule has 1 aromatic rings. The summed E-state index contributed by atoms with van der Waals surface area (Å²) in [4.78, 5) is 10.3. The van der Waals surface area contributed by atoms with Crippen LogP contribution in [0.2, 0.25) is 0 Å². The van der Waals surface area contributed by atoms with Crippen molar-refractivity contribution in [1.82, 2.24) is 4.31 Å². The van der Waals surface area contributed by atoms with Crippen LogP contribution in [0.25, 0.3) is 0 Å².